The molecule has 144 valence electrons. The predicted octanol–water partition coefficient (Wildman–Crippen LogP) is 3.21. The lowest BCUT2D eigenvalue weighted by atomic mass is 9.91. The highest BCUT2D eigenvalue weighted by molar-refractivity contribution is 6.05. The Labute approximate surface area is 163 Å². The smallest absolute Gasteiger partial charge is 0.250 e. The Balaban J connectivity index is 1.75. The zero-order chi connectivity index (χ0) is 19.7. The fourth-order valence-electron chi connectivity index (χ4n) is 3.83. The van der Waals surface area contributed by atoms with Crippen molar-refractivity contribution >= 4 is 16.8 Å². The minimum absolute atomic E-state index is 0.177. The number of benzene rings is 2. The van der Waals surface area contributed by atoms with Crippen molar-refractivity contribution in [3.05, 3.63) is 70.9 Å². The summed E-state index contributed by atoms with van der Waals surface area (Å²) in [6, 6.07) is 12.2. The summed E-state index contributed by atoms with van der Waals surface area (Å²) in [6.45, 7) is 4.90. The molecule has 1 aliphatic heterocycles. The van der Waals surface area contributed by atoms with Crippen LogP contribution in [0.3, 0.4) is 0 Å². The van der Waals surface area contributed by atoms with Crippen LogP contribution in [0.1, 0.15) is 39.8 Å². The van der Waals surface area contributed by atoms with Gasteiger partial charge >= 0.3 is 0 Å². The van der Waals surface area contributed by atoms with Gasteiger partial charge < -0.3 is 10.6 Å². The van der Waals surface area contributed by atoms with Crippen LogP contribution in [0.4, 0.5) is 4.39 Å². The first kappa shape index (κ1) is 18.5. The third kappa shape index (κ3) is 3.73. The van der Waals surface area contributed by atoms with E-state index in [1.165, 1.54) is 18.6 Å². The van der Waals surface area contributed by atoms with Crippen LogP contribution >= 0.6 is 0 Å². The summed E-state index contributed by atoms with van der Waals surface area (Å²) in [5.74, 6) is 0.0554. The number of rotatable bonds is 6. The minimum Gasteiger partial charge on any atom is -0.366 e. The average Bonchev–Trinajstić information content (AvgIpc) is 2.63. The quantitative estimate of drug-likeness (QED) is 0.715. The Morgan fingerprint density at radius 3 is 2.57 bits per heavy atom. The maximum Gasteiger partial charge on any atom is 0.250 e. The Bertz CT molecular complexity index is 1010. The summed E-state index contributed by atoms with van der Waals surface area (Å²) in [5, 5.41) is 0.845. The molecule has 2 aromatic carbocycles. The van der Waals surface area contributed by atoms with Gasteiger partial charge in [0, 0.05) is 17.8 Å². The van der Waals surface area contributed by atoms with Crippen LogP contribution in [-0.4, -0.2) is 40.4 Å². The van der Waals surface area contributed by atoms with Crippen LogP contribution < -0.4 is 5.73 Å². The highest BCUT2D eigenvalue weighted by Gasteiger charge is 2.23. The fourth-order valence-corrected chi connectivity index (χ4v) is 3.83. The first-order chi connectivity index (χ1) is 13.5. The third-order valence-electron chi connectivity index (χ3n) is 5.39. The highest BCUT2D eigenvalue weighted by Crippen LogP contribution is 2.28. The van der Waals surface area contributed by atoms with E-state index in [0.29, 0.717) is 23.3 Å². The highest BCUT2D eigenvalue weighted by atomic mass is 19.1. The zero-order valence-electron chi connectivity index (χ0n) is 15.9. The lowest BCUT2D eigenvalue weighted by Crippen LogP contribution is -2.40. The first-order valence-corrected chi connectivity index (χ1v) is 9.55. The number of aryl methyl sites for hydroxylation is 1. The number of nitrogens with two attached hydrogens (primary N) is 1. The molecule has 2 N–H and O–H groups in total. The second-order valence-electron chi connectivity index (χ2n) is 7.39. The number of hydrogen-bond acceptors (Lipinski definition) is 4. The van der Waals surface area contributed by atoms with E-state index in [4.69, 9.17) is 5.73 Å². The van der Waals surface area contributed by atoms with Gasteiger partial charge in [0.05, 0.1) is 16.8 Å². The summed E-state index contributed by atoms with van der Waals surface area (Å²) < 4.78 is 13.4. The van der Waals surface area contributed by atoms with E-state index in [2.05, 4.69) is 14.9 Å². The number of halogens is 1. The number of amides is 1. The molecule has 1 atom stereocenters. The molecular weight excluding hydrogens is 355 g/mol. The van der Waals surface area contributed by atoms with Crippen LogP contribution in [0.5, 0.6) is 0 Å². The molecule has 0 unspecified atom stereocenters. The van der Waals surface area contributed by atoms with E-state index in [0.717, 1.165) is 36.3 Å². The Morgan fingerprint density at radius 1 is 1.18 bits per heavy atom. The van der Waals surface area contributed by atoms with E-state index < -0.39 is 5.91 Å². The van der Waals surface area contributed by atoms with Gasteiger partial charge in [0.1, 0.15) is 11.6 Å². The number of nitrogens with zero attached hydrogens (tertiary/aromatic N) is 3. The molecule has 3 aromatic rings. The fraction of sp³-hybridized carbons (Fsp3) is 0.318. The van der Waals surface area contributed by atoms with Gasteiger partial charge in [0.15, 0.2) is 0 Å². The van der Waals surface area contributed by atoms with Gasteiger partial charge in [0.2, 0.25) is 0 Å². The standard InChI is InChI=1S/C22H23FN4O/c1-14-25-20(18-4-2-5-19(22(24)28)21(18)26-14)12-16(13-27-10-3-11-27)15-6-8-17(23)9-7-15/h2,4-9,16H,3,10-13H2,1H3,(H2,24,28)/t16-/m1/s1. The number of aromatic nitrogens is 2. The number of carbonyl (C=O) groups excluding carboxylic acids is 1. The first-order valence-electron chi connectivity index (χ1n) is 9.55. The van der Waals surface area contributed by atoms with Gasteiger partial charge in [0.25, 0.3) is 5.91 Å². The van der Waals surface area contributed by atoms with E-state index in [-0.39, 0.29) is 11.7 Å². The molecule has 0 aliphatic carbocycles. The summed E-state index contributed by atoms with van der Waals surface area (Å²) >= 11 is 0. The Hall–Kier alpha value is -2.86. The molecule has 5 nitrogen and oxygen atoms in total. The molecule has 1 amide bonds. The molecule has 0 radical (unpaired) electrons. The normalized spacial score (nSPS) is 15.4. The summed E-state index contributed by atoms with van der Waals surface area (Å²) in [6.07, 6.45) is 1.90. The summed E-state index contributed by atoms with van der Waals surface area (Å²) in [7, 11) is 0. The largest absolute Gasteiger partial charge is 0.366 e. The maximum absolute atomic E-state index is 13.4. The molecule has 0 saturated carbocycles. The van der Waals surface area contributed by atoms with Crippen LogP contribution in [0, 0.1) is 12.7 Å². The van der Waals surface area contributed by atoms with Crippen molar-refractivity contribution < 1.29 is 9.18 Å². The molecule has 28 heavy (non-hydrogen) atoms. The van der Waals surface area contributed by atoms with Crippen molar-refractivity contribution in [1.82, 2.24) is 14.9 Å². The second-order valence-corrected chi connectivity index (χ2v) is 7.39. The monoisotopic (exact) mass is 378 g/mol. The molecule has 0 bridgehead atoms. The van der Waals surface area contributed by atoms with Crippen LogP contribution in [-0.2, 0) is 6.42 Å². The van der Waals surface area contributed by atoms with E-state index >= 15 is 0 Å². The average molecular weight is 378 g/mol. The van der Waals surface area contributed by atoms with Gasteiger partial charge in [-0.2, -0.15) is 0 Å². The van der Waals surface area contributed by atoms with Gasteiger partial charge in [-0.15, -0.1) is 0 Å². The van der Waals surface area contributed by atoms with Crippen molar-refractivity contribution in [2.45, 2.75) is 25.7 Å². The number of fused-ring (bicyclic) bond motifs is 1. The van der Waals surface area contributed by atoms with Crippen molar-refractivity contribution in [2.75, 3.05) is 19.6 Å². The topological polar surface area (TPSA) is 72.1 Å². The van der Waals surface area contributed by atoms with E-state index in [1.54, 1.807) is 6.07 Å². The van der Waals surface area contributed by atoms with Gasteiger partial charge in [-0.05, 0) is 56.6 Å². The number of carbonyl (C=O) groups is 1. The number of hydrogen-bond donors (Lipinski definition) is 1. The van der Waals surface area contributed by atoms with Crippen LogP contribution in [0.25, 0.3) is 10.9 Å². The SMILES string of the molecule is Cc1nc(C[C@H](CN2CCC2)c2ccc(F)cc2)c2cccc(C(N)=O)c2n1. The van der Waals surface area contributed by atoms with Gasteiger partial charge in [-0.3, -0.25) is 4.79 Å². The lowest BCUT2D eigenvalue weighted by molar-refractivity contribution is 0.100. The summed E-state index contributed by atoms with van der Waals surface area (Å²) in [5.41, 5.74) is 8.52. The lowest BCUT2D eigenvalue weighted by Gasteiger charge is -2.34. The Morgan fingerprint density at radius 2 is 1.93 bits per heavy atom. The second kappa shape index (κ2) is 7.64. The van der Waals surface area contributed by atoms with Crippen LogP contribution in [0.15, 0.2) is 42.5 Å². The van der Waals surface area contributed by atoms with Gasteiger partial charge in [-0.1, -0.05) is 24.3 Å². The predicted molar refractivity (Wildman–Crippen MR) is 107 cm³/mol. The van der Waals surface area contributed by atoms with Crippen molar-refractivity contribution in [3.63, 3.8) is 0 Å². The van der Waals surface area contributed by atoms with Crippen molar-refractivity contribution in [1.29, 1.82) is 0 Å². The number of likely N-dealkylation sites (tertiary alicyclic amines) is 1. The molecule has 2 heterocycles. The molecule has 0 spiro atoms. The molecule has 1 fully saturated rings. The Kier molecular flexibility index (Phi) is 5.05. The molecule has 6 heteroatoms. The molecule has 1 aliphatic rings. The number of para-hydroxylation sites is 1. The summed E-state index contributed by atoms with van der Waals surface area (Å²) in [4.78, 5) is 23.4. The van der Waals surface area contributed by atoms with Crippen LogP contribution in [0.2, 0.25) is 0 Å². The van der Waals surface area contributed by atoms with E-state index in [9.17, 15) is 9.18 Å². The van der Waals surface area contributed by atoms with E-state index in [1.807, 2.05) is 31.2 Å². The third-order valence-corrected chi connectivity index (χ3v) is 5.39. The molecular formula is C22H23FN4O. The zero-order valence-corrected chi connectivity index (χ0v) is 15.9. The molecule has 4 rings (SSSR count). The molecule has 1 aromatic heterocycles. The molecule has 1 saturated heterocycles. The van der Waals surface area contributed by atoms with Crippen molar-refractivity contribution in [2.24, 2.45) is 5.73 Å². The maximum atomic E-state index is 13.4. The van der Waals surface area contributed by atoms with Gasteiger partial charge in [-0.25, -0.2) is 14.4 Å². The number of primary amides is 1. The van der Waals surface area contributed by atoms with Crippen molar-refractivity contribution in [3.8, 4) is 0 Å². The minimum atomic E-state index is -0.495.